The smallest absolute Gasteiger partial charge is 0.330 e. The molecule has 0 aromatic carbocycles. The van der Waals surface area contributed by atoms with Gasteiger partial charge in [-0.15, -0.1) is 0 Å². The van der Waals surface area contributed by atoms with Crippen LogP contribution in [-0.2, 0) is 16.0 Å². The Hall–Kier alpha value is -1.01. The molecule has 2 unspecified atom stereocenters. The molecule has 8 heteroatoms. The Bertz CT molecular complexity index is 485. The van der Waals surface area contributed by atoms with Gasteiger partial charge < -0.3 is 14.2 Å². The number of hydrogen-bond acceptors (Lipinski definition) is 5. The van der Waals surface area contributed by atoms with E-state index in [0.29, 0.717) is 12.0 Å². The molecule has 0 fully saturated rings. The first kappa shape index (κ1) is 19.0. The van der Waals surface area contributed by atoms with Gasteiger partial charge in [0.05, 0.1) is 12.7 Å². The molecule has 20 heavy (non-hydrogen) atoms. The average molecular weight is 306 g/mol. The topological polar surface area (TPSA) is 93.5 Å². The van der Waals surface area contributed by atoms with Gasteiger partial charge in [-0.05, 0) is 13.3 Å². The molecule has 1 aromatic rings. The van der Waals surface area contributed by atoms with E-state index in [2.05, 4.69) is 4.98 Å². The maximum atomic E-state index is 11.5. The molecule has 0 bridgehead atoms. The highest BCUT2D eigenvalue weighted by Gasteiger charge is 2.08. The number of aromatic nitrogens is 2. The first-order chi connectivity index (χ1) is 9.58. The molecule has 1 rings (SSSR count). The van der Waals surface area contributed by atoms with E-state index in [-0.39, 0.29) is 19.4 Å². The Balaban J connectivity index is 0.00000172. The Morgan fingerprint density at radius 1 is 1.45 bits per heavy atom. The normalized spacial score (nSPS) is 12.2. The molecule has 0 aliphatic rings. The second-order valence-corrected chi connectivity index (χ2v) is 4.24. The van der Waals surface area contributed by atoms with Gasteiger partial charge in [0, 0.05) is 11.8 Å². The molecule has 0 radical (unpaired) electrons. The molecule has 0 spiro atoms. The van der Waals surface area contributed by atoms with Gasteiger partial charge in [0.15, 0.2) is 9.03 Å². The molecular formula is C12H23N2O5P. The fraction of sp³-hybridized carbons (Fsp3) is 0.667. The molecule has 116 valence electrons. The van der Waals surface area contributed by atoms with Crippen LogP contribution in [-0.4, -0.2) is 27.2 Å². The average Bonchev–Trinajstić information content (AvgIpc) is 2.46. The second-order valence-electron chi connectivity index (χ2n) is 3.77. The third kappa shape index (κ3) is 6.43. The molecule has 0 saturated carbocycles. The molecule has 0 aliphatic carbocycles. The number of nitrogens with one attached hydrogen (secondary N) is 1. The highest BCUT2D eigenvalue weighted by molar-refractivity contribution is 7.24. The minimum Gasteiger partial charge on any atom is -0.355 e. The third-order valence-electron chi connectivity index (χ3n) is 2.43. The number of hydrogen-bond donors (Lipinski definition) is 2. The van der Waals surface area contributed by atoms with Crippen molar-refractivity contribution in [2.75, 3.05) is 6.61 Å². The first-order valence-corrected chi connectivity index (χ1v) is 7.36. The van der Waals surface area contributed by atoms with E-state index in [1.165, 1.54) is 10.8 Å². The van der Waals surface area contributed by atoms with Gasteiger partial charge in [-0.3, -0.25) is 14.3 Å². The van der Waals surface area contributed by atoms with Crippen molar-refractivity contribution in [3.63, 3.8) is 0 Å². The molecule has 0 saturated heterocycles. The number of nitrogens with zero attached hydrogens (tertiary/aromatic N) is 1. The lowest BCUT2D eigenvalue weighted by Gasteiger charge is -2.16. The standard InChI is InChI=1S/C10H17N2O5P.C2H6/c1-3-8(5-17-18-15)16-6-12-4-7(2)9(13)11-10(12)14;1-2/h4,8,15,18H,3,5-6H2,1-2H3,(H,11,13,14);1-2H3. The summed E-state index contributed by atoms with van der Waals surface area (Å²) in [6.07, 6.45) is 1.94. The summed E-state index contributed by atoms with van der Waals surface area (Å²) >= 11 is 0. The predicted molar refractivity (Wildman–Crippen MR) is 79.1 cm³/mol. The zero-order valence-corrected chi connectivity index (χ0v) is 13.3. The summed E-state index contributed by atoms with van der Waals surface area (Å²) in [5.41, 5.74) is -0.460. The molecule has 1 aromatic heterocycles. The molecular weight excluding hydrogens is 283 g/mol. The van der Waals surface area contributed by atoms with Gasteiger partial charge in [-0.1, -0.05) is 20.8 Å². The molecule has 2 atom stereocenters. The molecule has 7 nitrogen and oxygen atoms in total. The van der Waals surface area contributed by atoms with E-state index in [9.17, 15) is 9.59 Å². The van der Waals surface area contributed by atoms with Crippen molar-refractivity contribution in [1.29, 1.82) is 0 Å². The molecule has 0 aliphatic heterocycles. The van der Waals surface area contributed by atoms with Crippen LogP contribution in [0.5, 0.6) is 0 Å². The van der Waals surface area contributed by atoms with E-state index in [1.54, 1.807) is 6.92 Å². The molecule has 2 N–H and O–H groups in total. The Kier molecular flexibility index (Phi) is 10.2. The quantitative estimate of drug-likeness (QED) is 0.737. The monoisotopic (exact) mass is 306 g/mol. The van der Waals surface area contributed by atoms with Crippen molar-refractivity contribution in [3.8, 4) is 0 Å². The highest BCUT2D eigenvalue weighted by atomic mass is 31.1. The SMILES string of the molecule is CC.CCC(COPO)OCn1cc(C)c(=O)[nH]c1=O. The second kappa shape index (κ2) is 10.7. The van der Waals surface area contributed by atoms with Gasteiger partial charge in [0.2, 0.25) is 0 Å². The minimum absolute atomic E-state index is 0.0346. The maximum absolute atomic E-state index is 11.5. The van der Waals surface area contributed by atoms with E-state index in [4.69, 9.17) is 14.2 Å². The van der Waals surface area contributed by atoms with Crippen molar-refractivity contribution >= 4 is 9.03 Å². The van der Waals surface area contributed by atoms with Gasteiger partial charge in [0.25, 0.3) is 5.56 Å². The van der Waals surface area contributed by atoms with Crippen LogP contribution in [0.2, 0.25) is 0 Å². The zero-order valence-electron chi connectivity index (χ0n) is 12.3. The molecule has 0 amide bonds. The van der Waals surface area contributed by atoms with Gasteiger partial charge >= 0.3 is 5.69 Å². The fourth-order valence-electron chi connectivity index (χ4n) is 1.31. The summed E-state index contributed by atoms with van der Waals surface area (Å²) in [6, 6.07) is 0. The van der Waals surface area contributed by atoms with Crippen LogP contribution in [0, 0.1) is 6.92 Å². The Morgan fingerprint density at radius 3 is 2.65 bits per heavy atom. The van der Waals surface area contributed by atoms with Crippen LogP contribution in [0.25, 0.3) is 0 Å². The van der Waals surface area contributed by atoms with Crippen LogP contribution in [0.3, 0.4) is 0 Å². The minimum atomic E-state index is -0.578. The van der Waals surface area contributed by atoms with Crippen molar-refractivity contribution in [2.24, 2.45) is 0 Å². The summed E-state index contributed by atoms with van der Waals surface area (Å²) in [6.45, 7) is 7.83. The molecule has 1 heterocycles. The van der Waals surface area contributed by atoms with Crippen LogP contribution in [0.15, 0.2) is 15.8 Å². The lowest BCUT2D eigenvalue weighted by atomic mass is 10.3. The summed E-state index contributed by atoms with van der Waals surface area (Å²) in [4.78, 5) is 33.4. The summed E-state index contributed by atoms with van der Waals surface area (Å²) in [7, 11) is -0.578. The van der Waals surface area contributed by atoms with Crippen molar-refractivity contribution in [3.05, 3.63) is 32.6 Å². The Morgan fingerprint density at radius 2 is 2.10 bits per heavy atom. The van der Waals surface area contributed by atoms with Crippen molar-refractivity contribution in [1.82, 2.24) is 9.55 Å². The van der Waals surface area contributed by atoms with Crippen LogP contribution < -0.4 is 11.2 Å². The van der Waals surface area contributed by atoms with Crippen LogP contribution in [0.4, 0.5) is 0 Å². The summed E-state index contributed by atoms with van der Waals surface area (Å²) < 4.78 is 11.6. The summed E-state index contributed by atoms with van der Waals surface area (Å²) in [5.74, 6) is 0. The number of aromatic amines is 1. The van der Waals surface area contributed by atoms with Crippen LogP contribution >= 0.6 is 9.03 Å². The van der Waals surface area contributed by atoms with E-state index in [1.807, 2.05) is 20.8 Å². The largest absolute Gasteiger partial charge is 0.355 e. The van der Waals surface area contributed by atoms with E-state index < -0.39 is 20.3 Å². The summed E-state index contributed by atoms with van der Waals surface area (Å²) in [5, 5.41) is 0. The lowest BCUT2D eigenvalue weighted by molar-refractivity contribution is -0.0201. The first-order valence-electron chi connectivity index (χ1n) is 6.51. The van der Waals surface area contributed by atoms with Gasteiger partial charge in [-0.2, -0.15) is 0 Å². The fourth-order valence-corrected chi connectivity index (χ4v) is 1.57. The number of ether oxygens (including phenoxy) is 1. The highest BCUT2D eigenvalue weighted by Crippen LogP contribution is 2.08. The van der Waals surface area contributed by atoms with E-state index in [0.717, 1.165) is 0 Å². The van der Waals surface area contributed by atoms with Crippen molar-refractivity contribution in [2.45, 2.75) is 47.0 Å². The lowest BCUT2D eigenvalue weighted by Crippen LogP contribution is -2.32. The zero-order chi connectivity index (χ0) is 15.5. The Labute approximate surface area is 119 Å². The van der Waals surface area contributed by atoms with Gasteiger partial charge in [-0.25, -0.2) is 4.79 Å². The number of H-pyrrole nitrogens is 1. The van der Waals surface area contributed by atoms with Crippen LogP contribution in [0.1, 0.15) is 32.8 Å². The number of aryl methyl sites for hydroxylation is 1. The maximum Gasteiger partial charge on any atom is 0.330 e. The number of rotatable bonds is 7. The van der Waals surface area contributed by atoms with Gasteiger partial charge in [0.1, 0.15) is 6.73 Å². The predicted octanol–water partition coefficient (Wildman–Crippen LogP) is 1.14. The van der Waals surface area contributed by atoms with E-state index >= 15 is 0 Å². The van der Waals surface area contributed by atoms with Crippen molar-refractivity contribution < 1.29 is 14.2 Å². The third-order valence-corrected chi connectivity index (χ3v) is 2.72.